The third-order valence-corrected chi connectivity index (χ3v) is 6.73. The highest BCUT2D eigenvalue weighted by Crippen LogP contribution is 2.31. The van der Waals surface area contributed by atoms with E-state index in [4.69, 9.17) is 5.73 Å². The average Bonchev–Trinajstić information content (AvgIpc) is 3.11. The fourth-order valence-corrected chi connectivity index (χ4v) is 4.99. The minimum Gasteiger partial charge on any atom is -0.328 e. The van der Waals surface area contributed by atoms with E-state index < -0.39 is 0 Å². The lowest BCUT2D eigenvalue weighted by atomic mass is 9.83. The Balaban J connectivity index is 1.45. The number of rotatable bonds is 5. The maximum Gasteiger partial charge on any atom is 0.227 e. The normalized spacial score (nSPS) is 19.8. The number of aromatic nitrogens is 2. The maximum atomic E-state index is 6.03. The molecule has 0 bridgehead atoms. The summed E-state index contributed by atoms with van der Waals surface area (Å²) >= 11 is 5.17. The zero-order valence-electron chi connectivity index (χ0n) is 15.1. The topological polar surface area (TPSA) is 63.8 Å². The zero-order chi connectivity index (χ0) is 18.6. The number of nitrogens with two attached hydrogens (primary N) is 1. The van der Waals surface area contributed by atoms with Gasteiger partial charge in [0.2, 0.25) is 5.95 Å². The second kappa shape index (κ2) is 8.50. The van der Waals surface area contributed by atoms with Crippen molar-refractivity contribution in [2.24, 2.45) is 11.7 Å². The van der Waals surface area contributed by atoms with Gasteiger partial charge in [-0.2, -0.15) is 0 Å². The molecule has 140 valence electrons. The van der Waals surface area contributed by atoms with Crippen molar-refractivity contribution < 1.29 is 0 Å². The first kappa shape index (κ1) is 18.6. The van der Waals surface area contributed by atoms with Crippen molar-refractivity contribution in [3.63, 3.8) is 0 Å². The van der Waals surface area contributed by atoms with E-state index in [9.17, 15) is 0 Å². The molecule has 2 aromatic heterocycles. The van der Waals surface area contributed by atoms with Crippen LogP contribution in [0.2, 0.25) is 0 Å². The number of halogens is 1. The maximum absolute atomic E-state index is 6.03. The van der Waals surface area contributed by atoms with Crippen LogP contribution in [0.5, 0.6) is 0 Å². The van der Waals surface area contributed by atoms with Gasteiger partial charge in [-0.3, -0.25) is 0 Å². The highest BCUT2D eigenvalue weighted by atomic mass is 79.9. The van der Waals surface area contributed by atoms with Crippen LogP contribution in [0.1, 0.15) is 31.2 Å². The Bertz CT molecular complexity index is 902. The second-order valence-corrected chi connectivity index (χ2v) is 9.64. The molecule has 6 heteroatoms. The van der Waals surface area contributed by atoms with Crippen molar-refractivity contribution in [2.75, 3.05) is 5.32 Å². The van der Waals surface area contributed by atoms with Gasteiger partial charge in [0.1, 0.15) is 0 Å². The Labute approximate surface area is 172 Å². The molecule has 0 unspecified atom stereocenters. The number of nitrogens with one attached hydrogen (secondary N) is 1. The first-order valence-corrected chi connectivity index (χ1v) is 11.0. The van der Waals surface area contributed by atoms with E-state index in [1.54, 1.807) is 17.5 Å². The van der Waals surface area contributed by atoms with E-state index in [-0.39, 0.29) is 0 Å². The molecule has 0 radical (unpaired) electrons. The molecule has 1 aromatic carbocycles. The average molecular weight is 443 g/mol. The quantitative estimate of drug-likeness (QED) is 0.526. The third kappa shape index (κ3) is 4.94. The third-order valence-electron chi connectivity index (χ3n) is 5.08. The highest BCUT2D eigenvalue weighted by molar-refractivity contribution is 9.11. The van der Waals surface area contributed by atoms with Gasteiger partial charge in [-0.05, 0) is 89.8 Å². The van der Waals surface area contributed by atoms with E-state index in [1.807, 2.05) is 12.1 Å². The standard InChI is InChI=1S/C21H23BrN4S/c22-20-9-8-19(27-20)18-10-11-24-21(26-18)25-17-3-1-2-15(13-17)12-14-4-6-16(23)7-5-14/h1-3,8-11,13-14,16H,4-7,12,23H2,(H,24,25,26). The Hall–Kier alpha value is -1.76. The first-order chi connectivity index (χ1) is 13.2. The number of nitrogens with zero attached hydrogens (tertiary/aromatic N) is 2. The van der Waals surface area contributed by atoms with Crippen molar-refractivity contribution in [3.8, 4) is 10.6 Å². The molecule has 2 heterocycles. The molecule has 1 saturated carbocycles. The Morgan fingerprint density at radius 1 is 1.11 bits per heavy atom. The van der Waals surface area contributed by atoms with Gasteiger partial charge >= 0.3 is 0 Å². The van der Waals surface area contributed by atoms with Gasteiger partial charge in [0.15, 0.2) is 0 Å². The van der Waals surface area contributed by atoms with Crippen LogP contribution in [0.15, 0.2) is 52.4 Å². The summed E-state index contributed by atoms with van der Waals surface area (Å²) in [6, 6.07) is 15.0. The fraction of sp³-hybridized carbons (Fsp3) is 0.333. The smallest absolute Gasteiger partial charge is 0.227 e. The van der Waals surface area contributed by atoms with Gasteiger partial charge in [0.05, 0.1) is 14.4 Å². The minimum absolute atomic E-state index is 0.405. The van der Waals surface area contributed by atoms with Crippen LogP contribution in [0.4, 0.5) is 11.6 Å². The van der Waals surface area contributed by atoms with Crippen molar-refractivity contribution in [2.45, 2.75) is 38.1 Å². The predicted octanol–water partition coefficient (Wildman–Crippen LogP) is 5.77. The summed E-state index contributed by atoms with van der Waals surface area (Å²) in [7, 11) is 0. The minimum atomic E-state index is 0.405. The van der Waals surface area contributed by atoms with E-state index >= 15 is 0 Å². The second-order valence-electron chi connectivity index (χ2n) is 7.18. The van der Waals surface area contributed by atoms with Gasteiger partial charge in [0, 0.05) is 17.9 Å². The molecule has 0 amide bonds. The summed E-state index contributed by atoms with van der Waals surface area (Å²) < 4.78 is 1.10. The Morgan fingerprint density at radius 3 is 2.74 bits per heavy atom. The van der Waals surface area contributed by atoms with Gasteiger partial charge in [-0.1, -0.05) is 12.1 Å². The lowest BCUT2D eigenvalue weighted by molar-refractivity contribution is 0.325. The lowest BCUT2D eigenvalue weighted by Crippen LogP contribution is -2.27. The predicted molar refractivity (Wildman–Crippen MR) is 116 cm³/mol. The highest BCUT2D eigenvalue weighted by Gasteiger charge is 2.18. The summed E-state index contributed by atoms with van der Waals surface area (Å²) in [6.07, 6.45) is 7.70. The van der Waals surface area contributed by atoms with Gasteiger partial charge in [-0.25, -0.2) is 9.97 Å². The summed E-state index contributed by atoms with van der Waals surface area (Å²) in [5.41, 5.74) is 9.35. The van der Waals surface area contributed by atoms with Crippen LogP contribution in [-0.2, 0) is 6.42 Å². The first-order valence-electron chi connectivity index (χ1n) is 9.36. The van der Waals surface area contributed by atoms with E-state index in [0.29, 0.717) is 12.0 Å². The summed E-state index contributed by atoms with van der Waals surface area (Å²) in [6.45, 7) is 0. The molecule has 3 N–H and O–H groups in total. The van der Waals surface area contributed by atoms with E-state index in [0.717, 1.165) is 45.2 Å². The molecule has 27 heavy (non-hydrogen) atoms. The number of hydrogen-bond donors (Lipinski definition) is 2. The molecule has 0 saturated heterocycles. The van der Waals surface area contributed by atoms with Crippen molar-refractivity contribution >= 4 is 38.9 Å². The molecule has 0 spiro atoms. The molecule has 4 nitrogen and oxygen atoms in total. The fourth-order valence-electron chi connectivity index (χ4n) is 3.64. The molecule has 4 rings (SSSR count). The molecule has 1 fully saturated rings. The van der Waals surface area contributed by atoms with Gasteiger partial charge in [0.25, 0.3) is 0 Å². The van der Waals surface area contributed by atoms with Crippen LogP contribution in [0, 0.1) is 5.92 Å². The number of thiophene rings is 1. The summed E-state index contributed by atoms with van der Waals surface area (Å²) in [5.74, 6) is 1.37. The molecule has 1 aliphatic rings. The van der Waals surface area contributed by atoms with Crippen LogP contribution in [0.3, 0.4) is 0 Å². The molecule has 3 aromatic rings. The summed E-state index contributed by atoms with van der Waals surface area (Å²) in [5, 5.41) is 3.36. The van der Waals surface area contributed by atoms with E-state index in [2.05, 4.69) is 61.5 Å². The van der Waals surface area contributed by atoms with Crippen molar-refractivity contribution in [3.05, 3.63) is 58.0 Å². The molecule has 0 aliphatic heterocycles. The molecular weight excluding hydrogens is 420 g/mol. The summed E-state index contributed by atoms with van der Waals surface area (Å²) in [4.78, 5) is 10.2. The largest absolute Gasteiger partial charge is 0.328 e. The van der Waals surface area contributed by atoms with Gasteiger partial charge < -0.3 is 11.1 Å². The van der Waals surface area contributed by atoms with Crippen LogP contribution < -0.4 is 11.1 Å². The zero-order valence-corrected chi connectivity index (χ0v) is 17.5. The van der Waals surface area contributed by atoms with Crippen LogP contribution in [0.25, 0.3) is 10.6 Å². The van der Waals surface area contributed by atoms with Gasteiger partial charge in [-0.15, -0.1) is 11.3 Å². The SMILES string of the molecule is NC1CCC(Cc2cccc(Nc3nccc(-c4ccc(Br)s4)n3)c2)CC1. The Morgan fingerprint density at radius 2 is 1.96 bits per heavy atom. The Kier molecular flexibility index (Phi) is 5.86. The van der Waals surface area contributed by atoms with Crippen LogP contribution >= 0.6 is 27.3 Å². The monoisotopic (exact) mass is 442 g/mol. The number of hydrogen-bond acceptors (Lipinski definition) is 5. The molecule has 1 aliphatic carbocycles. The van der Waals surface area contributed by atoms with Crippen molar-refractivity contribution in [1.29, 1.82) is 0 Å². The lowest BCUT2D eigenvalue weighted by Gasteiger charge is -2.26. The van der Waals surface area contributed by atoms with Crippen molar-refractivity contribution in [1.82, 2.24) is 9.97 Å². The number of anilines is 2. The molecule has 0 atom stereocenters. The van der Waals surface area contributed by atoms with Crippen LogP contribution in [-0.4, -0.2) is 16.0 Å². The number of benzene rings is 1. The van der Waals surface area contributed by atoms with E-state index in [1.165, 1.54) is 18.4 Å². The molecular formula is C21H23BrN4S.